The van der Waals surface area contributed by atoms with Gasteiger partial charge in [-0.1, -0.05) is 0 Å². The topological polar surface area (TPSA) is 79.4 Å². The molecule has 4 aromatic rings. The minimum absolute atomic E-state index is 0.194. The molecule has 5 rings (SSSR count). The van der Waals surface area contributed by atoms with Crippen LogP contribution in [0.1, 0.15) is 28.3 Å². The van der Waals surface area contributed by atoms with E-state index >= 15 is 0 Å². The van der Waals surface area contributed by atoms with Crippen LogP contribution in [-0.4, -0.2) is 49.7 Å². The lowest BCUT2D eigenvalue weighted by Gasteiger charge is -2.11. The quantitative estimate of drug-likeness (QED) is 0.443. The van der Waals surface area contributed by atoms with Crippen LogP contribution in [0.4, 0.5) is 4.39 Å². The van der Waals surface area contributed by atoms with Crippen LogP contribution < -0.4 is 4.74 Å². The van der Waals surface area contributed by atoms with E-state index in [4.69, 9.17) is 14.5 Å². The molecule has 0 N–H and O–H groups in total. The Morgan fingerprint density at radius 2 is 2.09 bits per heavy atom. The number of halogens is 1. The molecule has 0 fully saturated rings. The molecule has 0 bridgehead atoms. The Labute approximate surface area is 185 Å². The first-order valence-electron chi connectivity index (χ1n) is 10.7. The molecule has 32 heavy (non-hydrogen) atoms. The van der Waals surface area contributed by atoms with E-state index in [1.54, 1.807) is 19.5 Å². The summed E-state index contributed by atoms with van der Waals surface area (Å²) in [5.74, 6) is 1.38. The van der Waals surface area contributed by atoms with E-state index in [9.17, 15) is 4.39 Å². The molecule has 0 saturated heterocycles. The van der Waals surface area contributed by atoms with Crippen molar-refractivity contribution in [2.45, 2.75) is 39.7 Å². The van der Waals surface area contributed by atoms with Crippen LogP contribution in [0, 0.1) is 19.7 Å². The average Bonchev–Trinajstić information content (AvgIpc) is 3.51. The van der Waals surface area contributed by atoms with Crippen LogP contribution in [0.15, 0.2) is 24.7 Å². The second kappa shape index (κ2) is 8.31. The molecule has 1 aliphatic heterocycles. The number of benzene rings is 1. The SMILES string of the molecule is COCCn1nc(C)c(-c2cnc(CCc3c(F)ccc4c3CCO4)n3cnnc23)c1C. The molecule has 0 saturated carbocycles. The van der Waals surface area contributed by atoms with Gasteiger partial charge in [0.05, 0.1) is 25.5 Å². The maximum Gasteiger partial charge on any atom is 0.171 e. The van der Waals surface area contributed by atoms with Gasteiger partial charge in [-0.15, -0.1) is 10.2 Å². The second-order valence-electron chi connectivity index (χ2n) is 7.98. The fourth-order valence-electron chi connectivity index (χ4n) is 4.53. The molecule has 0 unspecified atom stereocenters. The summed E-state index contributed by atoms with van der Waals surface area (Å²) >= 11 is 0. The lowest BCUT2D eigenvalue weighted by Crippen LogP contribution is -2.08. The number of hydrogen-bond acceptors (Lipinski definition) is 6. The number of aryl methyl sites for hydroxylation is 2. The largest absolute Gasteiger partial charge is 0.493 e. The highest BCUT2D eigenvalue weighted by atomic mass is 19.1. The summed E-state index contributed by atoms with van der Waals surface area (Å²) in [5.41, 5.74) is 6.21. The fourth-order valence-corrected chi connectivity index (χ4v) is 4.53. The normalized spacial score (nSPS) is 13.0. The number of fused-ring (bicyclic) bond motifs is 2. The number of rotatable bonds is 7. The van der Waals surface area contributed by atoms with E-state index in [1.807, 2.05) is 29.1 Å². The maximum absolute atomic E-state index is 14.5. The molecule has 1 aliphatic rings. The number of hydrogen-bond donors (Lipinski definition) is 0. The number of methoxy groups -OCH3 is 1. The molecule has 1 aromatic carbocycles. The van der Waals surface area contributed by atoms with E-state index in [2.05, 4.69) is 15.3 Å². The van der Waals surface area contributed by atoms with Gasteiger partial charge in [-0.05, 0) is 38.0 Å². The van der Waals surface area contributed by atoms with E-state index in [0.717, 1.165) is 51.7 Å². The third-order valence-corrected chi connectivity index (χ3v) is 6.11. The summed E-state index contributed by atoms with van der Waals surface area (Å²) in [5, 5.41) is 13.1. The molecule has 3 aromatic heterocycles. The van der Waals surface area contributed by atoms with Crippen LogP contribution in [0.3, 0.4) is 0 Å². The summed E-state index contributed by atoms with van der Waals surface area (Å²) in [4.78, 5) is 4.71. The van der Waals surface area contributed by atoms with Crippen molar-refractivity contribution >= 4 is 5.65 Å². The van der Waals surface area contributed by atoms with E-state index < -0.39 is 0 Å². The minimum Gasteiger partial charge on any atom is -0.493 e. The van der Waals surface area contributed by atoms with Crippen molar-refractivity contribution in [1.29, 1.82) is 0 Å². The fraction of sp³-hybridized carbons (Fsp3) is 0.391. The van der Waals surface area contributed by atoms with Crippen molar-refractivity contribution in [3.8, 4) is 16.9 Å². The Morgan fingerprint density at radius 1 is 1.22 bits per heavy atom. The van der Waals surface area contributed by atoms with E-state index in [0.29, 0.717) is 38.2 Å². The molecule has 0 spiro atoms. The van der Waals surface area contributed by atoms with Crippen molar-refractivity contribution in [3.05, 3.63) is 58.8 Å². The molecule has 0 atom stereocenters. The van der Waals surface area contributed by atoms with E-state index in [1.165, 1.54) is 6.07 Å². The van der Waals surface area contributed by atoms with Gasteiger partial charge in [-0.3, -0.25) is 9.08 Å². The standard InChI is InChI=1S/C23H25FN6O2/c1-14-22(15(2)30(28-14)9-11-31-3)18-12-25-21(29-13-26-27-23(18)29)7-4-16-17-8-10-32-20(17)6-5-19(16)24/h5-6,12-13H,4,7-11H2,1-3H3. The Morgan fingerprint density at radius 3 is 2.94 bits per heavy atom. The third-order valence-electron chi connectivity index (χ3n) is 6.11. The zero-order valence-corrected chi connectivity index (χ0v) is 18.4. The van der Waals surface area contributed by atoms with Gasteiger partial charge in [0.15, 0.2) is 5.65 Å². The Hall–Kier alpha value is -3.33. The van der Waals surface area contributed by atoms with Gasteiger partial charge < -0.3 is 9.47 Å². The van der Waals surface area contributed by atoms with E-state index in [-0.39, 0.29) is 5.82 Å². The van der Waals surface area contributed by atoms with Gasteiger partial charge in [-0.25, -0.2) is 9.37 Å². The van der Waals surface area contributed by atoms with Crippen LogP contribution in [0.5, 0.6) is 5.75 Å². The molecule has 0 aliphatic carbocycles. The first-order valence-corrected chi connectivity index (χ1v) is 10.7. The summed E-state index contributed by atoms with van der Waals surface area (Å²) in [6.07, 6.45) is 5.32. The summed E-state index contributed by atoms with van der Waals surface area (Å²) in [7, 11) is 1.68. The van der Waals surface area contributed by atoms with Gasteiger partial charge in [0.1, 0.15) is 23.7 Å². The molecule has 9 heteroatoms. The molecular formula is C23H25FN6O2. The molecule has 166 valence electrons. The Bertz CT molecular complexity index is 1300. The van der Waals surface area contributed by atoms with Crippen LogP contribution in [-0.2, 0) is 30.5 Å². The van der Waals surface area contributed by atoms with Crippen LogP contribution in [0.2, 0.25) is 0 Å². The second-order valence-corrected chi connectivity index (χ2v) is 7.98. The van der Waals surface area contributed by atoms with Crippen LogP contribution >= 0.6 is 0 Å². The third kappa shape index (κ3) is 3.42. The monoisotopic (exact) mass is 436 g/mol. The van der Waals surface area contributed by atoms with Gasteiger partial charge in [-0.2, -0.15) is 5.10 Å². The Balaban J connectivity index is 1.48. The number of ether oxygens (including phenoxy) is 2. The lowest BCUT2D eigenvalue weighted by atomic mass is 10.00. The van der Waals surface area contributed by atoms with Gasteiger partial charge in [0, 0.05) is 48.5 Å². The predicted molar refractivity (Wildman–Crippen MR) is 116 cm³/mol. The summed E-state index contributed by atoms with van der Waals surface area (Å²) in [6, 6.07) is 3.20. The molecule has 0 amide bonds. The summed E-state index contributed by atoms with van der Waals surface area (Å²) < 4.78 is 29.2. The highest BCUT2D eigenvalue weighted by Crippen LogP contribution is 2.32. The molecular weight excluding hydrogens is 411 g/mol. The lowest BCUT2D eigenvalue weighted by molar-refractivity contribution is 0.182. The smallest absolute Gasteiger partial charge is 0.171 e. The predicted octanol–water partition coefficient (Wildman–Crippen LogP) is 3.11. The zero-order chi connectivity index (χ0) is 22.2. The van der Waals surface area contributed by atoms with Crippen molar-refractivity contribution in [2.75, 3.05) is 20.3 Å². The number of nitrogens with zero attached hydrogens (tertiary/aromatic N) is 6. The van der Waals surface area contributed by atoms with Crippen LogP contribution in [0.25, 0.3) is 16.8 Å². The Kier molecular flexibility index (Phi) is 5.34. The maximum atomic E-state index is 14.5. The van der Waals surface area contributed by atoms with Crippen molar-refractivity contribution in [3.63, 3.8) is 0 Å². The first-order chi connectivity index (χ1) is 15.6. The highest BCUT2D eigenvalue weighted by molar-refractivity contribution is 5.79. The van der Waals surface area contributed by atoms with Crippen molar-refractivity contribution in [2.24, 2.45) is 0 Å². The average molecular weight is 436 g/mol. The van der Waals surface area contributed by atoms with Gasteiger partial charge in [0.25, 0.3) is 0 Å². The minimum atomic E-state index is -0.194. The van der Waals surface area contributed by atoms with Gasteiger partial charge in [0.2, 0.25) is 0 Å². The molecule has 0 radical (unpaired) electrons. The van der Waals surface area contributed by atoms with Gasteiger partial charge >= 0.3 is 0 Å². The highest BCUT2D eigenvalue weighted by Gasteiger charge is 2.22. The molecule has 8 nitrogen and oxygen atoms in total. The van der Waals surface area contributed by atoms with Crippen molar-refractivity contribution in [1.82, 2.24) is 29.4 Å². The summed E-state index contributed by atoms with van der Waals surface area (Å²) in [6.45, 7) is 5.88. The zero-order valence-electron chi connectivity index (χ0n) is 18.4. The van der Waals surface area contributed by atoms with Crippen molar-refractivity contribution < 1.29 is 13.9 Å². The number of aromatic nitrogens is 6. The first kappa shape index (κ1) is 20.6. The molecule has 4 heterocycles.